The lowest BCUT2D eigenvalue weighted by molar-refractivity contribution is -0.109. The summed E-state index contributed by atoms with van der Waals surface area (Å²) >= 11 is 1.23. The molecule has 0 aliphatic carbocycles. The quantitative estimate of drug-likeness (QED) is 0.719. The molecule has 1 aromatic heterocycles. The molecule has 0 bridgehead atoms. The summed E-state index contributed by atoms with van der Waals surface area (Å²) in [5.41, 5.74) is 1.90. The van der Waals surface area contributed by atoms with Crippen LogP contribution in [0, 0.1) is 11.8 Å². The molecule has 17 heavy (non-hydrogen) atoms. The Bertz CT molecular complexity index is 605. The van der Waals surface area contributed by atoms with Crippen LogP contribution in [-0.2, 0) is 4.79 Å². The number of rotatable bonds is 1. The van der Waals surface area contributed by atoms with E-state index in [1.165, 1.54) is 11.8 Å². The number of hydrogen-bond acceptors (Lipinski definition) is 3. The molecular weight excluding hydrogens is 230 g/mol. The van der Waals surface area contributed by atoms with E-state index in [0.29, 0.717) is 5.75 Å². The first-order chi connectivity index (χ1) is 8.27. The van der Waals surface area contributed by atoms with Crippen molar-refractivity contribution in [3.8, 4) is 11.8 Å². The molecule has 1 aromatic carbocycles. The number of hydrogen-bond donors (Lipinski definition) is 0. The van der Waals surface area contributed by atoms with E-state index in [1.807, 2.05) is 30.3 Å². The number of carbonyl (C=O) groups is 1. The molecule has 1 heterocycles. The largest absolute Gasteiger partial charge is 0.288 e. The van der Waals surface area contributed by atoms with Crippen molar-refractivity contribution >= 4 is 27.8 Å². The maximum absolute atomic E-state index is 10.8. The van der Waals surface area contributed by atoms with Crippen LogP contribution in [0.2, 0.25) is 0 Å². The van der Waals surface area contributed by atoms with E-state index >= 15 is 0 Å². The normalized spacial score (nSPS) is 9.71. The number of pyridine rings is 1. The summed E-state index contributed by atoms with van der Waals surface area (Å²) in [4.78, 5) is 15.0. The van der Waals surface area contributed by atoms with Crippen molar-refractivity contribution < 1.29 is 4.79 Å². The van der Waals surface area contributed by atoms with Gasteiger partial charge in [0, 0.05) is 24.1 Å². The zero-order valence-corrected chi connectivity index (χ0v) is 10.3. The van der Waals surface area contributed by atoms with Crippen LogP contribution in [0.5, 0.6) is 0 Å². The molecular formula is C14H11NOS. The van der Waals surface area contributed by atoms with Gasteiger partial charge in [0.2, 0.25) is 0 Å². The monoisotopic (exact) mass is 241 g/mol. The first-order valence-electron chi connectivity index (χ1n) is 5.23. The van der Waals surface area contributed by atoms with Crippen molar-refractivity contribution in [1.82, 2.24) is 4.98 Å². The average Bonchev–Trinajstić information content (AvgIpc) is 2.34. The Labute approximate surface area is 104 Å². The Morgan fingerprint density at radius 3 is 3.06 bits per heavy atom. The smallest absolute Gasteiger partial charge is 0.186 e. The van der Waals surface area contributed by atoms with Gasteiger partial charge in [-0.05, 0) is 18.2 Å². The fraction of sp³-hybridized carbons (Fsp3) is 0.143. The first kappa shape index (κ1) is 11.7. The summed E-state index contributed by atoms with van der Waals surface area (Å²) in [5.74, 6) is 6.60. The zero-order chi connectivity index (χ0) is 12.1. The molecule has 84 valence electrons. The van der Waals surface area contributed by atoms with Crippen LogP contribution in [0.3, 0.4) is 0 Å². The van der Waals surface area contributed by atoms with Gasteiger partial charge in [0.25, 0.3) is 0 Å². The molecule has 0 atom stereocenters. The minimum absolute atomic E-state index is 0.0962. The summed E-state index contributed by atoms with van der Waals surface area (Å²) in [5, 5.41) is 1.15. The maximum Gasteiger partial charge on any atom is 0.186 e. The van der Waals surface area contributed by atoms with Gasteiger partial charge in [-0.3, -0.25) is 9.78 Å². The van der Waals surface area contributed by atoms with Gasteiger partial charge < -0.3 is 0 Å². The van der Waals surface area contributed by atoms with Gasteiger partial charge in [-0.1, -0.05) is 35.7 Å². The predicted molar refractivity (Wildman–Crippen MR) is 71.8 cm³/mol. The number of fused-ring (bicyclic) bond motifs is 1. The first-order valence-corrected chi connectivity index (χ1v) is 6.22. The third-order valence-corrected chi connectivity index (χ3v) is 2.91. The van der Waals surface area contributed by atoms with Crippen LogP contribution in [0.15, 0.2) is 36.5 Å². The van der Waals surface area contributed by atoms with Crippen molar-refractivity contribution in [2.24, 2.45) is 0 Å². The Kier molecular flexibility index (Phi) is 3.79. The Hall–Kier alpha value is -1.79. The fourth-order valence-corrected chi connectivity index (χ4v) is 1.83. The molecule has 0 amide bonds. The van der Waals surface area contributed by atoms with Crippen molar-refractivity contribution in [2.75, 3.05) is 5.75 Å². The van der Waals surface area contributed by atoms with Crippen LogP contribution in [0.1, 0.15) is 12.5 Å². The molecule has 0 saturated heterocycles. The SMILES string of the molecule is CC(=O)SCC#Cc1cccc2ncccc12. The Morgan fingerprint density at radius 1 is 1.35 bits per heavy atom. The highest BCUT2D eigenvalue weighted by Gasteiger charge is 1.97. The van der Waals surface area contributed by atoms with E-state index in [-0.39, 0.29) is 5.12 Å². The minimum atomic E-state index is 0.0962. The van der Waals surface area contributed by atoms with Crippen molar-refractivity contribution in [1.29, 1.82) is 0 Å². The molecule has 2 aromatic rings. The molecule has 0 unspecified atom stereocenters. The molecule has 0 aliphatic heterocycles. The van der Waals surface area contributed by atoms with Crippen LogP contribution < -0.4 is 0 Å². The van der Waals surface area contributed by atoms with Crippen molar-refractivity contribution in [3.63, 3.8) is 0 Å². The van der Waals surface area contributed by atoms with Crippen molar-refractivity contribution in [3.05, 3.63) is 42.1 Å². The summed E-state index contributed by atoms with van der Waals surface area (Å²) in [6, 6.07) is 9.78. The number of aromatic nitrogens is 1. The summed E-state index contributed by atoms with van der Waals surface area (Å²) in [7, 11) is 0. The van der Waals surface area contributed by atoms with E-state index in [1.54, 1.807) is 13.1 Å². The summed E-state index contributed by atoms with van der Waals surface area (Å²) in [6.45, 7) is 1.55. The van der Waals surface area contributed by atoms with E-state index in [0.717, 1.165) is 16.5 Å². The molecule has 0 radical (unpaired) electrons. The number of nitrogens with zero attached hydrogens (tertiary/aromatic N) is 1. The van der Waals surface area contributed by atoms with Gasteiger partial charge in [0.15, 0.2) is 5.12 Å². The second kappa shape index (κ2) is 5.51. The molecule has 0 spiro atoms. The lowest BCUT2D eigenvalue weighted by atomic mass is 10.1. The second-order valence-corrected chi connectivity index (χ2v) is 4.61. The molecule has 3 heteroatoms. The van der Waals surface area contributed by atoms with Crippen LogP contribution in [0.4, 0.5) is 0 Å². The van der Waals surface area contributed by atoms with Crippen LogP contribution in [0.25, 0.3) is 10.9 Å². The summed E-state index contributed by atoms with van der Waals surface area (Å²) < 4.78 is 0. The van der Waals surface area contributed by atoms with E-state index < -0.39 is 0 Å². The van der Waals surface area contributed by atoms with Crippen molar-refractivity contribution in [2.45, 2.75) is 6.92 Å². The molecule has 0 aliphatic rings. The highest BCUT2D eigenvalue weighted by atomic mass is 32.2. The van der Waals surface area contributed by atoms with Gasteiger partial charge in [0.05, 0.1) is 11.3 Å². The minimum Gasteiger partial charge on any atom is -0.288 e. The topological polar surface area (TPSA) is 30.0 Å². The fourth-order valence-electron chi connectivity index (χ4n) is 1.48. The predicted octanol–water partition coefficient (Wildman–Crippen LogP) is 2.87. The number of carbonyl (C=O) groups excluding carboxylic acids is 1. The lowest BCUT2D eigenvalue weighted by Crippen LogP contribution is -1.84. The highest BCUT2D eigenvalue weighted by Crippen LogP contribution is 2.15. The van der Waals surface area contributed by atoms with Gasteiger partial charge in [-0.2, -0.15) is 0 Å². The Morgan fingerprint density at radius 2 is 2.24 bits per heavy atom. The third-order valence-electron chi connectivity index (χ3n) is 2.22. The zero-order valence-electron chi connectivity index (χ0n) is 9.43. The van der Waals surface area contributed by atoms with E-state index in [9.17, 15) is 4.79 Å². The summed E-state index contributed by atoms with van der Waals surface area (Å²) in [6.07, 6.45) is 1.77. The molecule has 0 fully saturated rings. The third kappa shape index (κ3) is 3.08. The molecule has 2 rings (SSSR count). The van der Waals surface area contributed by atoms with Gasteiger partial charge in [-0.25, -0.2) is 0 Å². The van der Waals surface area contributed by atoms with Gasteiger partial charge in [-0.15, -0.1) is 0 Å². The maximum atomic E-state index is 10.8. The van der Waals surface area contributed by atoms with Crippen LogP contribution >= 0.6 is 11.8 Å². The molecule has 0 saturated carbocycles. The average molecular weight is 241 g/mol. The molecule has 0 N–H and O–H groups in total. The highest BCUT2D eigenvalue weighted by molar-refractivity contribution is 8.13. The molecule has 2 nitrogen and oxygen atoms in total. The van der Waals surface area contributed by atoms with Crippen LogP contribution in [-0.4, -0.2) is 15.9 Å². The van der Waals surface area contributed by atoms with E-state index in [4.69, 9.17) is 0 Å². The van der Waals surface area contributed by atoms with Gasteiger partial charge >= 0.3 is 0 Å². The Balaban J connectivity index is 2.26. The second-order valence-electron chi connectivity index (χ2n) is 3.46. The number of thioether (sulfide) groups is 1. The van der Waals surface area contributed by atoms with Gasteiger partial charge in [0.1, 0.15) is 0 Å². The number of benzene rings is 1. The standard InChI is InChI=1S/C14H11NOS/c1-11(16)17-10-4-6-12-5-2-8-14-13(12)7-3-9-15-14/h2-3,5,7-9H,10H2,1H3. The van der Waals surface area contributed by atoms with E-state index in [2.05, 4.69) is 16.8 Å². The lowest BCUT2D eigenvalue weighted by Gasteiger charge is -1.98.